The molecule has 0 spiro atoms. The predicted molar refractivity (Wildman–Crippen MR) is 75.1 cm³/mol. The van der Waals surface area contributed by atoms with Gasteiger partial charge < -0.3 is 4.74 Å². The van der Waals surface area contributed by atoms with Crippen molar-refractivity contribution in [2.45, 2.75) is 51.6 Å². The van der Waals surface area contributed by atoms with Crippen molar-refractivity contribution in [3.63, 3.8) is 0 Å². The molecule has 0 radical (unpaired) electrons. The first kappa shape index (κ1) is 14.2. The molecule has 0 aromatic rings. The first-order valence-electron chi connectivity index (χ1n) is 6.51. The van der Waals surface area contributed by atoms with Gasteiger partial charge in [-0.3, -0.25) is 0 Å². The second-order valence-corrected chi connectivity index (χ2v) is 5.70. The van der Waals surface area contributed by atoms with Crippen molar-refractivity contribution < 1.29 is 4.74 Å². The highest BCUT2D eigenvalue weighted by Gasteiger charge is 2.43. The summed E-state index contributed by atoms with van der Waals surface area (Å²) in [6.45, 7) is 12.2. The molecule has 0 saturated heterocycles. The maximum absolute atomic E-state index is 5.85. The Morgan fingerprint density at radius 2 is 2.06 bits per heavy atom. The van der Waals surface area contributed by atoms with Crippen LogP contribution in [0, 0.1) is 5.41 Å². The van der Waals surface area contributed by atoms with Crippen molar-refractivity contribution in [3.05, 3.63) is 37.0 Å². The summed E-state index contributed by atoms with van der Waals surface area (Å²) in [6, 6.07) is 0. The van der Waals surface area contributed by atoms with Crippen LogP contribution in [-0.4, -0.2) is 12.7 Å². The Balaban J connectivity index is 2.72. The molecule has 1 aliphatic carbocycles. The van der Waals surface area contributed by atoms with Crippen molar-refractivity contribution in [3.8, 4) is 0 Å². The highest BCUT2D eigenvalue weighted by Crippen LogP contribution is 2.47. The predicted octanol–water partition coefficient (Wildman–Crippen LogP) is 4.66. The van der Waals surface area contributed by atoms with Crippen molar-refractivity contribution >= 4 is 0 Å². The van der Waals surface area contributed by atoms with Crippen molar-refractivity contribution in [2.24, 2.45) is 5.41 Å². The molecule has 1 heteroatoms. The summed E-state index contributed by atoms with van der Waals surface area (Å²) in [5.41, 5.74) is 1.38. The monoisotopic (exact) mass is 234 g/mol. The van der Waals surface area contributed by atoms with Crippen molar-refractivity contribution in [1.82, 2.24) is 0 Å². The molecule has 1 atom stereocenters. The molecule has 1 rings (SSSR count). The molecule has 17 heavy (non-hydrogen) atoms. The van der Waals surface area contributed by atoms with Gasteiger partial charge in [0.15, 0.2) is 0 Å². The number of methoxy groups -OCH3 is 1. The third-order valence-corrected chi connectivity index (χ3v) is 3.66. The minimum Gasteiger partial charge on any atom is -0.374 e. The van der Waals surface area contributed by atoms with E-state index in [-0.39, 0.29) is 11.0 Å². The third-order valence-electron chi connectivity index (χ3n) is 3.66. The summed E-state index contributed by atoms with van der Waals surface area (Å²) in [5.74, 6) is 0. The van der Waals surface area contributed by atoms with Crippen LogP contribution < -0.4 is 0 Å². The lowest BCUT2D eigenvalue weighted by molar-refractivity contribution is 0.00194. The van der Waals surface area contributed by atoms with Gasteiger partial charge in [-0.2, -0.15) is 0 Å². The Labute approximate surface area is 106 Å². The fourth-order valence-corrected chi connectivity index (χ4v) is 2.91. The zero-order valence-corrected chi connectivity index (χ0v) is 11.6. The number of unbranched alkanes of at least 4 members (excludes halogenated alkanes) is 2. The zero-order valence-electron chi connectivity index (χ0n) is 11.6. The van der Waals surface area contributed by atoms with E-state index in [9.17, 15) is 0 Å². The van der Waals surface area contributed by atoms with Crippen molar-refractivity contribution in [1.29, 1.82) is 0 Å². The van der Waals surface area contributed by atoms with Gasteiger partial charge in [-0.05, 0) is 43.1 Å². The SMILES string of the molecule is C=CCCCCC1(OC)CC(C)(C)C=C1C=C. The van der Waals surface area contributed by atoms with Crippen LogP contribution in [0.5, 0.6) is 0 Å². The molecule has 0 heterocycles. The van der Waals surface area contributed by atoms with Gasteiger partial charge in [0.25, 0.3) is 0 Å². The molecule has 0 N–H and O–H groups in total. The van der Waals surface area contributed by atoms with Gasteiger partial charge in [0.05, 0.1) is 5.60 Å². The van der Waals surface area contributed by atoms with Gasteiger partial charge in [0.1, 0.15) is 0 Å². The number of allylic oxidation sites excluding steroid dienone is 2. The van der Waals surface area contributed by atoms with E-state index in [1.165, 1.54) is 18.4 Å². The normalized spacial score (nSPS) is 26.6. The topological polar surface area (TPSA) is 9.23 Å². The third kappa shape index (κ3) is 3.32. The lowest BCUT2D eigenvalue weighted by Crippen LogP contribution is -2.32. The maximum atomic E-state index is 5.85. The molecule has 0 fully saturated rings. The number of hydrogen-bond donors (Lipinski definition) is 0. The minimum atomic E-state index is -0.105. The van der Waals surface area contributed by atoms with E-state index in [4.69, 9.17) is 4.74 Å². The summed E-state index contributed by atoms with van der Waals surface area (Å²) >= 11 is 0. The molecule has 0 bridgehead atoms. The van der Waals surface area contributed by atoms with Crippen LogP contribution in [0.15, 0.2) is 37.0 Å². The Kier molecular flexibility index (Phi) is 4.76. The molecular formula is C16H26O. The summed E-state index contributed by atoms with van der Waals surface area (Å²) in [4.78, 5) is 0. The van der Waals surface area contributed by atoms with Crippen LogP contribution in [0.1, 0.15) is 46.0 Å². The van der Waals surface area contributed by atoms with Crippen LogP contribution in [-0.2, 0) is 4.74 Å². The van der Waals surface area contributed by atoms with E-state index in [1.54, 1.807) is 0 Å². The smallest absolute Gasteiger partial charge is 0.0932 e. The molecule has 0 saturated carbocycles. The highest BCUT2D eigenvalue weighted by molar-refractivity contribution is 5.35. The summed E-state index contributed by atoms with van der Waals surface area (Å²) in [6.07, 6.45) is 11.9. The summed E-state index contributed by atoms with van der Waals surface area (Å²) < 4.78 is 5.85. The summed E-state index contributed by atoms with van der Waals surface area (Å²) in [5, 5.41) is 0. The summed E-state index contributed by atoms with van der Waals surface area (Å²) in [7, 11) is 1.83. The Morgan fingerprint density at radius 3 is 2.59 bits per heavy atom. The number of ether oxygens (including phenoxy) is 1. The molecule has 1 unspecified atom stereocenters. The highest BCUT2D eigenvalue weighted by atomic mass is 16.5. The average Bonchev–Trinajstić information content (AvgIpc) is 2.56. The Morgan fingerprint density at radius 1 is 1.35 bits per heavy atom. The van der Waals surface area contributed by atoms with Crippen LogP contribution in [0.4, 0.5) is 0 Å². The molecule has 96 valence electrons. The van der Waals surface area contributed by atoms with Gasteiger partial charge >= 0.3 is 0 Å². The van der Waals surface area contributed by atoms with Gasteiger partial charge in [-0.25, -0.2) is 0 Å². The standard InChI is InChI=1S/C16H26O/c1-6-8-9-10-11-16(17-5)13-15(3,4)12-14(16)7-2/h6-7,12H,1-2,8-11,13H2,3-5H3. The molecular weight excluding hydrogens is 208 g/mol. The minimum absolute atomic E-state index is 0.105. The van der Waals surface area contributed by atoms with E-state index >= 15 is 0 Å². The van der Waals surface area contributed by atoms with Crippen LogP contribution >= 0.6 is 0 Å². The molecule has 1 nitrogen and oxygen atoms in total. The molecule has 0 aromatic carbocycles. The maximum Gasteiger partial charge on any atom is 0.0932 e. The molecule has 0 amide bonds. The van der Waals surface area contributed by atoms with E-state index in [2.05, 4.69) is 33.1 Å². The van der Waals surface area contributed by atoms with Crippen LogP contribution in [0.2, 0.25) is 0 Å². The lowest BCUT2D eigenvalue weighted by atomic mass is 9.83. The zero-order chi connectivity index (χ0) is 12.9. The second-order valence-electron chi connectivity index (χ2n) is 5.70. The number of rotatable bonds is 7. The largest absolute Gasteiger partial charge is 0.374 e. The fourth-order valence-electron chi connectivity index (χ4n) is 2.91. The molecule has 0 aromatic heterocycles. The van der Waals surface area contributed by atoms with Crippen LogP contribution in [0.3, 0.4) is 0 Å². The molecule has 0 aliphatic heterocycles. The van der Waals surface area contributed by atoms with Crippen LogP contribution in [0.25, 0.3) is 0 Å². The fraction of sp³-hybridized carbons (Fsp3) is 0.625. The first-order valence-corrected chi connectivity index (χ1v) is 6.51. The Hall–Kier alpha value is -0.820. The van der Waals surface area contributed by atoms with Crippen molar-refractivity contribution in [2.75, 3.05) is 7.11 Å². The van der Waals surface area contributed by atoms with Gasteiger partial charge in [0.2, 0.25) is 0 Å². The molecule has 1 aliphatic rings. The quantitative estimate of drug-likeness (QED) is 0.460. The van der Waals surface area contributed by atoms with E-state index in [0.717, 1.165) is 19.3 Å². The van der Waals surface area contributed by atoms with E-state index in [0.29, 0.717) is 0 Å². The van der Waals surface area contributed by atoms with Gasteiger partial charge in [0, 0.05) is 7.11 Å². The van der Waals surface area contributed by atoms with Gasteiger partial charge in [-0.15, -0.1) is 6.58 Å². The lowest BCUT2D eigenvalue weighted by Gasteiger charge is -2.32. The van der Waals surface area contributed by atoms with Gasteiger partial charge in [-0.1, -0.05) is 38.7 Å². The average molecular weight is 234 g/mol. The van der Waals surface area contributed by atoms with E-state index < -0.39 is 0 Å². The second kappa shape index (κ2) is 5.68. The first-order chi connectivity index (χ1) is 7.99. The Bertz CT molecular complexity index is 311. The number of hydrogen-bond acceptors (Lipinski definition) is 1. The van der Waals surface area contributed by atoms with E-state index in [1.807, 2.05) is 19.3 Å².